The Hall–Kier alpha value is -2.16. The van der Waals surface area contributed by atoms with Gasteiger partial charge in [-0.2, -0.15) is 0 Å². The molecule has 1 atom stereocenters. The number of rotatable bonds is 4. The molecule has 0 spiro atoms. The maximum Gasteiger partial charge on any atom is 0.311 e. The van der Waals surface area contributed by atoms with Gasteiger partial charge in [-0.15, -0.1) is 0 Å². The smallest absolute Gasteiger partial charge is 0.311 e. The van der Waals surface area contributed by atoms with Crippen molar-refractivity contribution in [1.29, 1.82) is 0 Å². The van der Waals surface area contributed by atoms with Crippen molar-refractivity contribution < 1.29 is 14.3 Å². The Morgan fingerprint density at radius 3 is 2.55 bits per heavy atom. The van der Waals surface area contributed by atoms with Crippen molar-refractivity contribution in [2.75, 3.05) is 0 Å². The van der Waals surface area contributed by atoms with Gasteiger partial charge in [0.15, 0.2) is 0 Å². The number of aliphatic carboxylic acids is 1. The first-order valence-corrected chi connectivity index (χ1v) is 6.52. The molecule has 1 N–H and O–H groups in total. The van der Waals surface area contributed by atoms with Gasteiger partial charge in [-0.3, -0.25) is 4.79 Å². The summed E-state index contributed by atoms with van der Waals surface area (Å²) in [7, 11) is 0. The van der Waals surface area contributed by atoms with Crippen LogP contribution in [-0.2, 0) is 11.2 Å². The zero-order chi connectivity index (χ0) is 14.7. The van der Waals surface area contributed by atoms with Gasteiger partial charge >= 0.3 is 5.97 Å². The van der Waals surface area contributed by atoms with Gasteiger partial charge < -0.3 is 5.11 Å². The monoisotopic (exact) mass is 272 g/mol. The molecular weight excluding hydrogens is 255 g/mol. The van der Waals surface area contributed by atoms with Gasteiger partial charge in [0.25, 0.3) is 0 Å². The number of carboxylic acid groups (broad SMARTS) is 1. The van der Waals surface area contributed by atoms with Crippen molar-refractivity contribution >= 4 is 5.97 Å². The predicted octanol–water partition coefficient (Wildman–Crippen LogP) is 3.85. The number of halogens is 1. The molecule has 1 unspecified atom stereocenters. The lowest BCUT2D eigenvalue weighted by atomic mass is 9.89. The third-order valence-electron chi connectivity index (χ3n) is 3.47. The molecule has 0 bridgehead atoms. The molecule has 2 nitrogen and oxygen atoms in total. The summed E-state index contributed by atoms with van der Waals surface area (Å²) in [5, 5.41) is 9.45. The second-order valence-corrected chi connectivity index (χ2v) is 5.08. The van der Waals surface area contributed by atoms with Crippen molar-refractivity contribution in [3.63, 3.8) is 0 Å². The van der Waals surface area contributed by atoms with Crippen molar-refractivity contribution in [2.24, 2.45) is 0 Å². The van der Waals surface area contributed by atoms with Crippen molar-refractivity contribution in [3.8, 4) is 0 Å². The van der Waals surface area contributed by atoms with Crippen LogP contribution < -0.4 is 0 Å². The largest absolute Gasteiger partial charge is 0.481 e. The van der Waals surface area contributed by atoms with Crippen LogP contribution in [0.25, 0.3) is 0 Å². The molecule has 20 heavy (non-hydrogen) atoms. The van der Waals surface area contributed by atoms with E-state index in [0.717, 1.165) is 22.3 Å². The highest BCUT2D eigenvalue weighted by Gasteiger charge is 2.21. The molecule has 3 heteroatoms. The summed E-state index contributed by atoms with van der Waals surface area (Å²) in [5.74, 6) is -1.77. The van der Waals surface area contributed by atoms with Crippen LogP contribution in [0.5, 0.6) is 0 Å². The lowest BCUT2D eigenvalue weighted by Crippen LogP contribution is -2.15. The Morgan fingerprint density at radius 1 is 1.20 bits per heavy atom. The molecule has 0 aliphatic carbocycles. The molecule has 0 saturated carbocycles. The highest BCUT2D eigenvalue weighted by Crippen LogP contribution is 2.24. The van der Waals surface area contributed by atoms with Gasteiger partial charge in [0.05, 0.1) is 5.92 Å². The van der Waals surface area contributed by atoms with E-state index in [1.54, 1.807) is 13.0 Å². The average molecular weight is 272 g/mol. The van der Waals surface area contributed by atoms with Gasteiger partial charge in [-0.1, -0.05) is 35.9 Å². The van der Waals surface area contributed by atoms with Crippen LogP contribution in [0.2, 0.25) is 0 Å². The fourth-order valence-corrected chi connectivity index (χ4v) is 2.34. The van der Waals surface area contributed by atoms with E-state index in [2.05, 4.69) is 0 Å². The van der Waals surface area contributed by atoms with Crippen LogP contribution in [0.15, 0.2) is 42.5 Å². The van der Waals surface area contributed by atoms with Crippen molar-refractivity contribution in [3.05, 3.63) is 70.5 Å². The topological polar surface area (TPSA) is 37.3 Å². The molecular formula is C17H17FO2. The molecule has 0 aliphatic rings. The minimum atomic E-state index is -0.862. The van der Waals surface area contributed by atoms with Crippen molar-refractivity contribution in [2.45, 2.75) is 26.2 Å². The second kappa shape index (κ2) is 5.87. The first-order valence-electron chi connectivity index (χ1n) is 6.52. The van der Waals surface area contributed by atoms with Gasteiger partial charge in [0.1, 0.15) is 5.82 Å². The molecule has 2 rings (SSSR count). The Kier molecular flexibility index (Phi) is 4.18. The molecule has 2 aromatic rings. The maximum atomic E-state index is 13.1. The number of carboxylic acids is 1. The molecule has 0 amide bonds. The molecule has 0 aromatic heterocycles. The van der Waals surface area contributed by atoms with Crippen molar-refractivity contribution in [1.82, 2.24) is 0 Å². The number of hydrogen-bond acceptors (Lipinski definition) is 1. The molecule has 0 fully saturated rings. The summed E-state index contributed by atoms with van der Waals surface area (Å²) < 4.78 is 13.1. The minimum Gasteiger partial charge on any atom is -0.481 e. The molecule has 0 radical (unpaired) electrons. The predicted molar refractivity (Wildman–Crippen MR) is 76.4 cm³/mol. The SMILES string of the molecule is Cc1cccc(C(Cc2ccc(F)cc2C)C(=O)O)c1. The summed E-state index contributed by atoms with van der Waals surface area (Å²) in [6.45, 7) is 3.74. The summed E-state index contributed by atoms with van der Waals surface area (Å²) >= 11 is 0. The number of benzene rings is 2. The average Bonchev–Trinajstić information content (AvgIpc) is 2.37. The third-order valence-corrected chi connectivity index (χ3v) is 3.47. The highest BCUT2D eigenvalue weighted by molar-refractivity contribution is 5.76. The lowest BCUT2D eigenvalue weighted by molar-refractivity contribution is -0.138. The first-order chi connectivity index (χ1) is 9.47. The Morgan fingerprint density at radius 2 is 1.95 bits per heavy atom. The van der Waals surface area contributed by atoms with E-state index in [9.17, 15) is 14.3 Å². The third kappa shape index (κ3) is 3.23. The Balaban J connectivity index is 2.33. The van der Waals surface area contributed by atoms with Crippen LogP contribution in [-0.4, -0.2) is 11.1 Å². The van der Waals surface area contributed by atoms with E-state index in [0.29, 0.717) is 6.42 Å². The second-order valence-electron chi connectivity index (χ2n) is 5.08. The van der Waals surface area contributed by atoms with E-state index in [4.69, 9.17) is 0 Å². The van der Waals surface area contributed by atoms with Gasteiger partial charge in [0, 0.05) is 0 Å². The number of hydrogen-bond donors (Lipinski definition) is 1. The quantitative estimate of drug-likeness (QED) is 0.917. The van der Waals surface area contributed by atoms with E-state index >= 15 is 0 Å². The summed E-state index contributed by atoms with van der Waals surface area (Å²) in [5.41, 5.74) is 3.45. The van der Waals surface area contributed by atoms with Crippen LogP contribution in [0.1, 0.15) is 28.2 Å². The van der Waals surface area contributed by atoms with E-state index in [1.807, 2.05) is 31.2 Å². The van der Waals surface area contributed by atoms with Gasteiger partial charge in [0.2, 0.25) is 0 Å². The minimum absolute atomic E-state index is 0.298. The fraction of sp³-hybridized carbons (Fsp3) is 0.235. The summed E-state index contributed by atoms with van der Waals surface area (Å²) in [4.78, 5) is 11.5. The summed E-state index contributed by atoms with van der Waals surface area (Å²) in [6, 6.07) is 12.0. The first kappa shape index (κ1) is 14.3. The zero-order valence-corrected chi connectivity index (χ0v) is 11.6. The molecule has 0 aliphatic heterocycles. The molecule has 0 heterocycles. The van der Waals surface area contributed by atoms with E-state index in [-0.39, 0.29) is 5.82 Å². The maximum absolute atomic E-state index is 13.1. The zero-order valence-electron chi connectivity index (χ0n) is 11.6. The molecule has 0 saturated heterocycles. The number of aryl methyl sites for hydroxylation is 2. The Labute approximate surface area is 117 Å². The van der Waals surface area contributed by atoms with Crippen LogP contribution in [0, 0.1) is 19.7 Å². The van der Waals surface area contributed by atoms with Crippen LogP contribution in [0.4, 0.5) is 4.39 Å². The number of carbonyl (C=O) groups is 1. The van der Waals surface area contributed by atoms with Crippen LogP contribution >= 0.6 is 0 Å². The normalized spacial score (nSPS) is 12.2. The van der Waals surface area contributed by atoms with Gasteiger partial charge in [-0.05, 0) is 49.1 Å². The lowest BCUT2D eigenvalue weighted by Gasteiger charge is -2.15. The van der Waals surface area contributed by atoms with E-state index in [1.165, 1.54) is 12.1 Å². The molecule has 104 valence electrons. The van der Waals surface area contributed by atoms with Crippen LogP contribution in [0.3, 0.4) is 0 Å². The van der Waals surface area contributed by atoms with E-state index < -0.39 is 11.9 Å². The van der Waals surface area contributed by atoms with Gasteiger partial charge in [-0.25, -0.2) is 4.39 Å². The Bertz CT molecular complexity index is 635. The highest BCUT2D eigenvalue weighted by atomic mass is 19.1. The molecule has 2 aromatic carbocycles. The fourth-order valence-electron chi connectivity index (χ4n) is 2.34. The summed E-state index contributed by atoms with van der Waals surface area (Å²) in [6.07, 6.45) is 0.366. The standard InChI is InChI=1S/C17H17FO2/c1-11-4-3-5-14(8-11)16(17(19)20)10-13-6-7-15(18)9-12(13)2/h3-9,16H,10H2,1-2H3,(H,19,20).